The van der Waals surface area contributed by atoms with Gasteiger partial charge >= 0.3 is 0 Å². The molecule has 0 bridgehead atoms. The Kier molecular flexibility index (Phi) is 5.99. The van der Waals surface area contributed by atoms with Crippen molar-refractivity contribution in [2.75, 3.05) is 13.2 Å². The van der Waals surface area contributed by atoms with E-state index in [-0.39, 0.29) is 11.8 Å². The van der Waals surface area contributed by atoms with E-state index in [4.69, 9.17) is 4.74 Å². The summed E-state index contributed by atoms with van der Waals surface area (Å²) >= 11 is 0. The average Bonchev–Trinajstić information content (AvgIpc) is 3.02. The Labute approximate surface area is 153 Å². The van der Waals surface area contributed by atoms with Crippen LogP contribution in [0, 0.1) is 0 Å². The van der Waals surface area contributed by atoms with Crippen LogP contribution in [-0.4, -0.2) is 44.2 Å². The SMILES string of the molecule is C=CCN(Cc1ccccc1OCC)C(=O)[C@H]1CCCCn2nnnc21. The van der Waals surface area contributed by atoms with E-state index in [0.717, 1.165) is 37.1 Å². The number of benzene rings is 1. The Morgan fingerprint density at radius 3 is 3.08 bits per heavy atom. The number of amides is 1. The minimum atomic E-state index is -0.313. The topological polar surface area (TPSA) is 73.1 Å². The highest BCUT2D eigenvalue weighted by Crippen LogP contribution is 2.28. The fourth-order valence-corrected chi connectivity index (χ4v) is 3.34. The van der Waals surface area contributed by atoms with E-state index in [1.165, 1.54) is 0 Å². The molecule has 0 spiro atoms. The maximum Gasteiger partial charge on any atom is 0.234 e. The molecule has 1 aliphatic rings. The van der Waals surface area contributed by atoms with E-state index < -0.39 is 0 Å². The second-order valence-corrected chi connectivity index (χ2v) is 6.36. The van der Waals surface area contributed by atoms with Crippen molar-refractivity contribution in [1.82, 2.24) is 25.1 Å². The molecule has 3 rings (SSSR count). The molecule has 1 aliphatic heterocycles. The number of nitrogens with zero attached hydrogens (tertiary/aromatic N) is 5. The zero-order valence-electron chi connectivity index (χ0n) is 15.2. The van der Waals surface area contributed by atoms with E-state index in [9.17, 15) is 4.79 Å². The summed E-state index contributed by atoms with van der Waals surface area (Å²) in [5.74, 6) is 1.20. The maximum absolute atomic E-state index is 13.3. The smallest absolute Gasteiger partial charge is 0.234 e. The Morgan fingerprint density at radius 2 is 2.27 bits per heavy atom. The number of aryl methyl sites for hydroxylation is 1. The van der Waals surface area contributed by atoms with Gasteiger partial charge in [-0.2, -0.15) is 0 Å². The molecule has 2 heterocycles. The minimum absolute atomic E-state index is 0.0363. The van der Waals surface area contributed by atoms with Gasteiger partial charge in [-0.3, -0.25) is 4.79 Å². The first-order valence-corrected chi connectivity index (χ1v) is 9.11. The van der Waals surface area contributed by atoms with Crippen molar-refractivity contribution < 1.29 is 9.53 Å². The van der Waals surface area contributed by atoms with Crippen LogP contribution >= 0.6 is 0 Å². The monoisotopic (exact) mass is 355 g/mol. The lowest BCUT2D eigenvalue weighted by Gasteiger charge is -2.26. The number of rotatable bonds is 7. The Hall–Kier alpha value is -2.70. The minimum Gasteiger partial charge on any atom is -0.494 e. The number of tetrazole rings is 1. The fraction of sp³-hybridized carbons (Fsp3) is 0.474. The summed E-state index contributed by atoms with van der Waals surface area (Å²) in [5, 5.41) is 11.9. The standard InChI is InChI=1S/C19H25N5O2/c1-3-12-23(14-15-9-5-6-11-17(15)26-4-2)19(25)16-10-7-8-13-24-18(16)20-21-22-24/h3,5-6,9,11,16H,1,4,7-8,10,12-14H2,2H3/t16-/m0/s1. The van der Waals surface area contributed by atoms with E-state index in [0.29, 0.717) is 25.5 Å². The average molecular weight is 355 g/mol. The molecule has 26 heavy (non-hydrogen) atoms. The van der Waals surface area contributed by atoms with Crippen molar-refractivity contribution in [1.29, 1.82) is 0 Å². The largest absolute Gasteiger partial charge is 0.494 e. The van der Waals surface area contributed by atoms with Crippen molar-refractivity contribution in [2.45, 2.75) is 45.2 Å². The van der Waals surface area contributed by atoms with Crippen LogP contribution in [0.4, 0.5) is 0 Å². The molecule has 0 aliphatic carbocycles. The first kappa shape index (κ1) is 18.1. The van der Waals surface area contributed by atoms with Gasteiger partial charge in [-0.1, -0.05) is 30.7 Å². The lowest BCUT2D eigenvalue weighted by atomic mass is 10.00. The molecule has 0 radical (unpaired) electrons. The molecular weight excluding hydrogens is 330 g/mol. The van der Waals surface area contributed by atoms with Gasteiger partial charge in [0.05, 0.1) is 12.5 Å². The predicted octanol–water partition coefficient (Wildman–Crippen LogP) is 2.55. The summed E-state index contributed by atoms with van der Waals surface area (Å²) in [5.41, 5.74) is 0.984. The molecule has 138 valence electrons. The quantitative estimate of drug-likeness (QED) is 0.714. The predicted molar refractivity (Wildman–Crippen MR) is 97.6 cm³/mol. The van der Waals surface area contributed by atoms with Crippen molar-refractivity contribution in [3.8, 4) is 5.75 Å². The van der Waals surface area contributed by atoms with Gasteiger partial charge in [-0.15, -0.1) is 11.7 Å². The number of carbonyl (C=O) groups excluding carboxylic acids is 1. The van der Waals surface area contributed by atoms with Crippen molar-refractivity contribution in [3.05, 3.63) is 48.3 Å². The van der Waals surface area contributed by atoms with Gasteiger partial charge < -0.3 is 9.64 Å². The normalized spacial score (nSPS) is 16.4. The van der Waals surface area contributed by atoms with E-state index >= 15 is 0 Å². The van der Waals surface area contributed by atoms with Gasteiger partial charge in [0, 0.05) is 25.2 Å². The maximum atomic E-state index is 13.3. The van der Waals surface area contributed by atoms with Gasteiger partial charge in [-0.25, -0.2) is 4.68 Å². The van der Waals surface area contributed by atoms with Gasteiger partial charge in [-0.05, 0) is 36.3 Å². The number of carbonyl (C=O) groups is 1. The van der Waals surface area contributed by atoms with Crippen molar-refractivity contribution in [3.63, 3.8) is 0 Å². The van der Waals surface area contributed by atoms with Crippen LogP contribution in [0.25, 0.3) is 0 Å². The first-order valence-electron chi connectivity index (χ1n) is 9.11. The molecule has 0 fully saturated rings. The zero-order chi connectivity index (χ0) is 18.4. The van der Waals surface area contributed by atoms with Gasteiger partial charge in [0.15, 0.2) is 5.82 Å². The van der Waals surface area contributed by atoms with Gasteiger partial charge in [0.25, 0.3) is 0 Å². The molecule has 1 atom stereocenters. The highest BCUT2D eigenvalue weighted by Gasteiger charge is 2.31. The molecule has 7 heteroatoms. The van der Waals surface area contributed by atoms with Crippen LogP contribution < -0.4 is 4.74 Å². The van der Waals surface area contributed by atoms with E-state index in [1.54, 1.807) is 15.7 Å². The van der Waals surface area contributed by atoms with Crippen LogP contribution in [0.15, 0.2) is 36.9 Å². The molecule has 0 saturated heterocycles. The van der Waals surface area contributed by atoms with E-state index in [2.05, 4.69) is 22.1 Å². The summed E-state index contributed by atoms with van der Waals surface area (Å²) in [6.07, 6.45) is 4.47. The Morgan fingerprint density at radius 1 is 1.42 bits per heavy atom. The molecule has 0 unspecified atom stereocenters. The number of hydrogen-bond acceptors (Lipinski definition) is 5. The summed E-state index contributed by atoms with van der Waals surface area (Å²) in [6, 6.07) is 7.82. The summed E-state index contributed by atoms with van der Waals surface area (Å²) in [7, 11) is 0. The van der Waals surface area contributed by atoms with E-state index in [1.807, 2.05) is 31.2 Å². The number of hydrogen-bond donors (Lipinski definition) is 0. The van der Waals surface area contributed by atoms with Crippen molar-refractivity contribution in [2.24, 2.45) is 0 Å². The van der Waals surface area contributed by atoms with Gasteiger partial charge in [0.1, 0.15) is 5.75 Å². The summed E-state index contributed by atoms with van der Waals surface area (Å²) in [4.78, 5) is 15.1. The fourth-order valence-electron chi connectivity index (χ4n) is 3.34. The number of ether oxygens (including phenoxy) is 1. The lowest BCUT2D eigenvalue weighted by molar-refractivity contribution is -0.133. The number of fused-ring (bicyclic) bond motifs is 1. The first-order chi connectivity index (χ1) is 12.7. The number of aromatic nitrogens is 4. The Bertz CT molecular complexity index is 758. The van der Waals surface area contributed by atoms with Gasteiger partial charge in [0.2, 0.25) is 5.91 Å². The summed E-state index contributed by atoms with van der Waals surface area (Å²) in [6.45, 7) is 8.06. The molecule has 1 aromatic carbocycles. The molecule has 7 nitrogen and oxygen atoms in total. The molecule has 1 amide bonds. The molecule has 0 saturated carbocycles. The second-order valence-electron chi connectivity index (χ2n) is 6.36. The van der Waals surface area contributed by atoms with Crippen LogP contribution in [0.3, 0.4) is 0 Å². The highest BCUT2D eigenvalue weighted by molar-refractivity contribution is 5.83. The van der Waals surface area contributed by atoms with Crippen LogP contribution in [0.5, 0.6) is 5.75 Å². The van der Waals surface area contributed by atoms with Crippen LogP contribution in [0.1, 0.15) is 43.5 Å². The Balaban J connectivity index is 1.84. The third kappa shape index (κ3) is 3.92. The van der Waals surface area contributed by atoms with Crippen molar-refractivity contribution >= 4 is 5.91 Å². The second kappa shape index (κ2) is 8.60. The molecule has 2 aromatic rings. The van der Waals surface area contributed by atoms with Crippen LogP contribution in [0.2, 0.25) is 0 Å². The highest BCUT2D eigenvalue weighted by atomic mass is 16.5. The number of para-hydroxylation sites is 1. The third-order valence-electron chi connectivity index (χ3n) is 4.58. The third-order valence-corrected chi connectivity index (χ3v) is 4.58. The van der Waals surface area contributed by atoms with Crippen LogP contribution in [-0.2, 0) is 17.9 Å². The molecular formula is C19H25N5O2. The molecule has 1 aromatic heterocycles. The summed E-state index contributed by atoms with van der Waals surface area (Å²) < 4.78 is 7.46. The lowest BCUT2D eigenvalue weighted by Crippen LogP contribution is -2.35. The molecule has 0 N–H and O–H groups in total. The zero-order valence-corrected chi connectivity index (χ0v) is 15.2.